The summed E-state index contributed by atoms with van der Waals surface area (Å²) in [4.78, 5) is 19.1. The molecule has 0 spiro atoms. The Bertz CT molecular complexity index is 216. The van der Waals surface area contributed by atoms with Crippen molar-refractivity contribution in [1.29, 1.82) is 0 Å². The molecule has 0 fully saturated rings. The summed E-state index contributed by atoms with van der Waals surface area (Å²) < 4.78 is 18.9. The van der Waals surface area contributed by atoms with E-state index in [0.29, 0.717) is 0 Å². The maximum Gasteiger partial charge on any atom is 0.529 e. The second kappa shape index (κ2) is 5.32. The van der Waals surface area contributed by atoms with Gasteiger partial charge in [-0.2, -0.15) is 0 Å². The Labute approximate surface area is 74.5 Å². The van der Waals surface area contributed by atoms with Gasteiger partial charge in [-0.25, -0.2) is 9.36 Å². The molecular formula is C5H8ClO5P. The summed E-state index contributed by atoms with van der Waals surface area (Å²) >= 11 is 5.16. The number of halogens is 1. The van der Waals surface area contributed by atoms with Gasteiger partial charge in [-0.05, 0) is 0 Å². The minimum Gasteiger partial charge on any atom is -0.367 e. The fourth-order valence-corrected chi connectivity index (χ4v) is 1.19. The van der Waals surface area contributed by atoms with Crippen molar-refractivity contribution in [2.45, 2.75) is 0 Å². The fraction of sp³-hybridized carbons (Fsp3) is 0.400. The third kappa shape index (κ3) is 5.32. The summed E-state index contributed by atoms with van der Waals surface area (Å²) in [5, 5.41) is 0. The lowest BCUT2D eigenvalue weighted by Crippen LogP contribution is -2.02. The van der Waals surface area contributed by atoms with Gasteiger partial charge < -0.3 is 4.52 Å². The number of hydrogen-bond donors (Lipinski definition) is 1. The van der Waals surface area contributed by atoms with Crippen molar-refractivity contribution in [3.05, 3.63) is 12.7 Å². The first-order valence-electron chi connectivity index (χ1n) is 2.91. The number of carbonyl (C=O) groups is 1. The molecule has 1 N–H and O–H groups in total. The van der Waals surface area contributed by atoms with Gasteiger partial charge in [-0.1, -0.05) is 6.58 Å². The molecule has 0 aromatic heterocycles. The summed E-state index contributed by atoms with van der Waals surface area (Å²) in [6.45, 7) is 2.87. The van der Waals surface area contributed by atoms with E-state index >= 15 is 0 Å². The number of phosphoric acid groups is 1. The number of hydrogen-bond acceptors (Lipinski definition) is 4. The van der Waals surface area contributed by atoms with E-state index in [1.807, 2.05) is 0 Å². The molecular weight excluding hydrogens is 206 g/mol. The van der Waals surface area contributed by atoms with E-state index < -0.39 is 13.8 Å². The van der Waals surface area contributed by atoms with E-state index in [1.54, 1.807) is 0 Å². The first-order valence-corrected chi connectivity index (χ1v) is 4.94. The van der Waals surface area contributed by atoms with Crippen molar-refractivity contribution in [3.63, 3.8) is 0 Å². The van der Waals surface area contributed by atoms with Crippen LogP contribution >= 0.6 is 19.4 Å². The fourth-order valence-electron chi connectivity index (χ4n) is 0.327. The highest BCUT2D eigenvalue weighted by atomic mass is 35.5. The SMILES string of the molecule is C=CC(=O)OP(=O)(O)OCCCl. The van der Waals surface area contributed by atoms with Gasteiger partial charge in [0.05, 0.1) is 6.61 Å². The number of carbonyl (C=O) groups excluding carboxylic acids is 1. The van der Waals surface area contributed by atoms with Crippen molar-refractivity contribution >= 4 is 25.4 Å². The highest BCUT2D eigenvalue weighted by Crippen LogP contribution is 2.43. The molecule has 1 unspecified atom stereocenters. The molecule has 0 saturated heterocycles. The van der Waals surface area contributed by atoms with E-state index in [2.05, 4.69) is 15.6 Å². The molecule has 7 heteroatoms. The molecule has 0 aliphatic carbocycles. The van der Waals surface area contributed by atoms with Crippen LogP contribution in [0.4, 0.5) is 0 Å². The summed E-state index contributed by atoms with van der Waals surface area (Å²) in [5.74, 6) is -0.980. The van der Waals surface area contributed by atoms with E-state index in [9.17, 15) is 9.36 Å². The van der Waals surface area contributed by atoms with E-state index in [4.69, 9.17) is 16.5 Å². The first kappa shape index (κ1) is 11.6. The first-order chi connectivity index (χ1) is 5.52. The predicted octanol–water partition coefficient (Wildman–Crippen LogP) is 1.07. The zero-order chi connectivity index (χ0) is 9.61. The molecule has 70 valence electrons. The third-order valence-electron chi connectivity index (χ3n) is 0.704. The average molecular weight is 215 g/mol. The Hall–Kier alpha value is -0.350. The lowest BCUT2D eigenvalue weighted by Gasteiger charge is -2.08. The van der Waals surface area contributed by atoms with Gasteiger partial charge in [0, 0.05) is 12.0 Å². The van der Waals surface area contributed by atoms with Crippen molar-refractivity contribution in [2.75, 3.05) is 12.5 Å². The van der Waals surface area contributed by atoms with E-state index in [0.717, 1.165) is 6.08 Å². The lowest BCUT2D eigenvalue weighted by atomic mass is 10.7. The zero-order valence-corrected chi connectivity index (χ0v) is 7.75. The molecule has 0 heterocycles. The van der Waals surface area contributed by atoms with Gasteiger partial charge in [0.2, 0.25) is 0 Å². The molecule has 0 amide bonds. The van der Waals surface area contributed by atoms with Crippen LogP contribution in [0.1, 0.15) is 0 Å². The molecule has 0 aromatic carbocycles. The van der Waals surface area contributed by atoms with Crippen LogP contribution in [0.25, 0.3) is 0 Å². The summed E-state index contributed by atoms with van der Waals surface area (Å²) in [6, 6.07) is 0. The van der Waals surface area contributed by atoms with Gasteiger partial charge in [-0.15, -0.1) is 11.6 Å². The second-order valence-corrected chi connectivity index (χ2v) is 3.36. The lowest BCUT2D eigenvalue weighted by molar-refractivity contribution is -0.130. The normalized spacial score (nSPS) is 14.8. The summed E-state index contributed by atoms with van der Waals surface area (Å²) in [5.41, 5.74) is 0. The maximum atomic E-state index is 10.7. The largest absolute Gasteiger partial charge is 0.529 e. The van der Waals surface area contributed by atoms with Crippen LogP contribution in [-0.4, -0.2) is 23.3 Å². The van der Waals surface area contributed by atoms with Crippen LogP contribution in [0.2, 0.25) is 0 Å². The topological polar surface area (TPSA) is 72.8 Å². The standard InChI is InChI=1S/C5H8ClO5P/c1-2-5(7)11-12(8,9)10-4-3-6/h2H,1,3-4H2,(H,8,9). The molecule has 0 aromatic rings. The van der Waals surface area contributed by atoms with Gasteiger partial charge >= 0.3 is 13.8 Å². The Kier molecular flexibility index (Phi) is 5.17. The van der Waals surface area contributed by atoms with Crippen LogP contribution in [-0.2, 0) is 18.4 Å². The molecule has 12 heavy (non-hydrogen) atoms. The van der Waals surface area contributed by atoms with Crippen LogP contribution in [0.3, 0.4) is 0 Å². The van der Waals surface area contributed by atoms with Gasteiger partial charge in [-0.3, -0.25) is 9.42 Å². The molecule has 0 saturated carbocycles. The van der Waals surface area contributed by atoms with Crippen molar-refractivity contribution in [2.24, 2.45) is 0 Å². The van der Waals surface area contributed by atoms with Crippen molar-refractivity contribution < 1.29 is 23.3 Å². The molecule has 0 aliphatic rings. The van der Waals surface area contributed by atoms with Crippen molar-refractivity contribution in [3.8, 4) is 0 Å². The summed E-state index contributed by atoms with van der Waals surface area (Å²) in [7, 11) is -4.29. The molecule has 5 nitrogen and oxygen atoms in total. The van der Waals surface area contributed by atoms with Crippen LogP contribution < -0.4 is 0 Å². The predicted molar refractivity (Wildman–Crippen MR) is 42.8 cm³/mol. The average Bonchev–Trinajstić information content (AvgIpc) is 2.00. The minimum absolute atomic E-state index is 0.0379. The number of alkyl halides is 1. The van der Waals surface area contributed by atoms with Crippen LogP contribution in [0, 0.1) is 0 Å². The van der Waals surface area contributed by atoms with Gasteiger partial charge in [0.1, 0.15) is 0 Å². The highest BCUT2D eigenvalue weighted by Gasteiger charge is 2.24. The molecule has 0 aliphatic heterocycles. The minimum atomic E-state index is -4.29. The second-order valence-electron chi connectivity index (χ2n) is 1.61. The van der Waals surface area contributed by atoms with Gasteiger partial charge in [0.15, 0.2) is 0 Å². The maximum absolute atomic E-state index is 10.7. The number of phosphoric ester groups is 1. The Balaban J connectivity index is 3.95. The Morgan fingerprint density at radius 2 is 2.33 bits per heavy atom. The molecule has 0 rings (SSSR count). The summed E-state index contributed by atoms with van der Waals surface area (Å²) in [6.07, 6.45) is 0.757. The van der Waals surface area contributed by atoms with Crippen molar-refractivity contribution in [1.82, 2.24) is 0 Å². The number of rotatable bonds is 5. The van der Waals surface area contributed by atoms with Crippen LogP contribution in [0.15, 0.2) is 12.7 Å². The van der Waals surface area contributed by atoms with E-state index in [1.165, 1.54) is 0 Å². The quantitative estimate of drug-likeness (QED) is 0.421. The third-order valence-corrected chi connectivity index (χ3v) is 1.78. The van der Waals surface area contributed by atoms with Crippen LogP contribution in [0.5, 0.6) is 0 Å². The zero-order valence-electron chi connectivity index (χ0n) is 6.10. The smallest absolute Gasteiger partial charge is 0.367 e. The van der Waals surface area contributed by atoms with E-state index in [-0.39, 0.29) is 12.5 Å². The van der Waals surface area contributed by atoms with Gasteiger partial charge in [0.25, 0.3) is 0 Å². The molecule has 0 radical (unpaired) electrons. The Morgan fingerprint density at radius 3 is 2.75 bits per heavy atom. The molecule has 0 bridgehead atoms. The molecule has 1 atom stereocenters. The monoisotopic (exact) mass is 214 g/mol. The Morgan fingerprint density at radius 1 is 1.75 bits per heavy atom. The highest BCUT2D eigenvalue weighted by molar-refractivity contribution is 7.48.